The van der Waals surface area contributed by atoms with Gasteiger partial charge in [-0.05, 0) is 48.9 Å². The molecule has 2 aromatic rings. The van der Waals surface area contributed by atoms with Gasteiger partial charge < -0.3 is 19.3 Å². The molecule has 0 spiro atoms. The minimum Gasteiger partial charge on any atom is -0.493 e. The molecule has 1 fully saturated rings. The number of amides is 2. The fourth-order valence-electron chi connectivity index (χ4n) is 3.91. The highest BCUT2D eigenvalue weighted by atomic mass is 16.5. The number of rotatable bonds is 10. The van der Waals surface area contributed by atoms with Crippen LogP contribution in [0.4, 0.5) is 0 Å². The molecule has 6 nitrogen and oxygen atoms in total. The first-order valence-electron chi connectivity index (χ1n) is 11.9. The number of aryl methyl sites for hydroxylation is 1. The zero-order valence-electron chi connectivity index (χ0n) is 20.1. The topological polar surface area (TPSA) is 59.1 Å². The van der Waals surface area contributed by atoms with Gasteiger partial charge in [-0.25, -0.2) is 0 Å². The molecule has 33 heavy (non-hydrogen) atoms. The second kappa shape index (κ2) is 12.3. The van der Waals surface area contributed by atoms with Gasteiger partial charge in [0.15, 0.2) is 11.5 Å². The van der Waals surface area contributed by atoms with Gasteiger partial charge in [0, 0.05) is 38.2 Å². The molecule has 0 unspecified atom stereocenters. The fourth-order valence-corrected chi connectivity index (χ4v) is 3.91. The van der Waals surface area contributed by atoms with E-state index in [2.05, 4.69) is 26.0 Å². The monoisotopic (exact) mass is 452 g/mol. The zero-order chi connectivity index (χ0) is 23.6. The van der Waals surface area contributed by atoms with Crippen LogP contribution < -0.4 is 9.47 Å². The molecule has 0 bridgehead atoms. The zero-order valence-corrected chi connectivity index (χ0v) is 20.1. The minimum absolute atomic E-state index is 0.0433. The number of ether oxygens (including phenoxy) is 2. The highest BCUT2D eigenvalue weighted by molar-refractivity contribution is 5.95. The molecule has 0 atom stereocenters. The summed E-state index contributed by atoms with van der Waals surface area (Å²) in [6, 6.07) is 15.6. The van der Waals surface area contributed by atoms with Crippen molar-refractivity contribution in [3.05, 3.63) is 59.7 Å². The Hall–Kier alpha value is -3.02. The molecular formula is C27H36N2O4. The summed E-state index contributed by atoms with van der Waals surface area (Å²) in [4.78, 5) is 29.3. The number of benzene rings is 2. The van der Waals surface area contributed by atoms with Crippen LogP contribution in [-0.4, -0.2) is 61.5 Å². The van der Waals surface area contributed by atoms with Crippen molar-refractivity contribution in [3.8, 4) is 11.5 Å². The Labute approximate surface area is 197 Å². The Morgan fingerprint density at radius 3 is 2.30 bits per heavy atom. The van der Waals surface area contributed by atoms with Crippen LogP contribution in [0.3, 0.4) is 0 Å². The Balaban J connectivity index is 1.47. The first kappa shape index (κ1) is 24.6. The number of hydrogen-bond acceptors (Lipinski definition) is 4. The van der Waals surface area contributed by atoms with Gasteiger partial charge in [0.05, 0.1) is 13.7 Å². The molecule has 1 aliphatic heterocycles. The Morgan fingerprint density at radius 1 is 0.939 bits per heavy atom. The molecular weight excluding hydrogens is 416 g/mol. The number of piperazine rings is 1. The molecule has 178 valence electrons. The third-order valence-electron chi connectivity index (χ3n) is 5.98. The van der Waals surface area contributed by atoms with E-state index < -0.39 is 0 Å². The smallest absolute Gasteiger partial charge is 0.254 e. The molecule has 0 aliphatic carbocycles. The average Bonchev–Trinajstić information content (AvgIpc) is 2.84. The molecule has 2 amide bonds. The summed E-state index contributed by atoms with van der Waals surface area (Å²) in [5, 5.41) is 0. The van der Waals surface area contributed by atoms with Crippen LogP contribution in [0.2, 0.25) is 0 Å². The van der Waals surface area contributed by atoms with E-state index in [1.807, 2.05) is 28.0 Å². The second-order valence-corrected chi connectivity index (χ2v) is 8.91. The van der Waals surface area contributed by atoms with E-state index in [1.165, 1.54) is 5.56 Å². The van der Waals surface area contributed by atoms with E-state index in [0.717, 1.165) is 19.3 Å². The van der Waals surface area contributed by atoms with Crippen LogP contribution in [0.15, 0.2) is 48.5 Å². The van der Waals surface area contributed by atoms with Crippen LogP contribution in [0.25, 0.3) is 0 Å². The van der Waals surface area contributed by atoms with E-state index in [-0.39, 0.29) is 11.8 Å². The minimum atomic E-state index is -0.0433. The third-order valence-corrected chi connectivity index (χ3v) is 5.98. The van der Waals surface area contributed by atoms with E-state index in [4.69, 9.17) is 9.47 Å². The van der Waals surface area contributed by atoms with Crippen molar-refractivity contribution < 1.29 is 19.1 Å². The fraction of sp³-hybridized carbons (Fsp3) is 0.481. The number of carbonyl (C=O) groups excluding carboxylic acids is 2. The predicted molar refractivity (Wildman–Crippen MR) is 130 cm³/mol. The molecule has 0 N–H and O–H groups in total. The maximum atomic E-state index is 13.0. The Bertz CT molecular complexity index is 906. The van der Waals surface area contributed by atoms with Crippen molar-refractivity contribution in [2.24, 2.45) is 5.92 Å². The number of hydrogen-bond donors (Lipinski definition) is 0. The van der Waals surface area contributed by atoms with Gasteiger partial charge in [0.2, 0.25) is 5.91 Å². The first-order chi connectivity index (χ1) is 16.0. The second-order valence-electron chi connectivity index (χ2n) is 8.91. The molecule has 2 aromatic carbocycles. The summed E-state index contributed by atoms with van der Waals surface area (Å²) in [7, 11) is 1.58. The lowest BCUT2D eigenvalue weighted by atomic mass is 10.1. The van der Waals surface area contributed by atoms with Crippen LogP contribution >= 0.6 is 0 Å². The van der Waals surface area contributed by atoms with Crippen LogP contribution in [-0.2, 0) is 11.2 Å². The first-order valence-corrected chi connectivity index (χ1v) is 11.9. The molecule has 6 heteroatoms. The lowest BCUT2D eigenvalue weighted by Crippen LogP contribution is -2.50. The van der Waals surface area contributed by atoms with Crippen molar-refractivity contribution in [1.82, 2.24) is 9.80 Å². The van der Waals surface area contributed by atoms with Crippen LogP contribution in [0.1, 0.15) is 49.0 Å². The molecule has 1 saturated heterocycles. The summed E-state index contributed by atoms with van der Waals surface area (Å²) in [5.74, 6) is 1.91. The molecule has 1 heterocycles. The predicted octanol–water partition coefficient (Wildman–Crippen LogP) is 4.43. The number of nitrogens with zero attached hydrogens (tertiary/aromatic N) is 2. The summed E-state index contributed by atoms with van der Waals surface area (Å²) < 4.78 is 11.3. The SMILES string of the molecule is COc1cc(C(=O)N2CCN(C(=O)CCCc3ccccc3)CC2)ccc1OCCC(C)C. The lowest BCUT2D eigenvalue weighted by Gasteiger charge is -2.35. The van der Waals surface area contributed by atoms with E-state index >= 15 is 0 Å². The van der Waals surface area contributed by atoms with Crippen LogP contribution in [0, 0.1) is 5.92 Å². The van der Waals surface area contributed by atoms with Gasteiger partial charge in [0.25, 0.3) is 5.91 Å². The summed E-state index contributed by atoms with van der Waals surface area (Å²) in [6.07, 6.45) is 3.24. The normalized spacial score (nSPS) is 13.8. The van der Waals surface area contributed by atoms with Gasteiger partial charge in [-0.3, -0.25) is 9.59 Å². The molecule has 3 rings (SSSR count). The third kappa shape index (κ3) is 7.24. The van der Waals surface area contributed by atoms with Gasteiger partial charge in [0.1, 0.15) is 0 Å². The number of methoxy groups -OCH3 is 1. The van der Waals surface area contributed by atoms with Crippen molar-refractivity contribution in [3.63, 3.8) is 0 Å². The maximum absolute atomic E-state index is 13.0. The highest BCUT2D eigenvalue weighted by Crippen LogP contribution is 2.29. The van der Waals surface area contributed by atoms with Crippen molar-refractivity contribution in [2.45, 2.75) is 39.5 Å². The van der Waals surface area contributed by atoms with Crippen molar-refractivity contribution >= 4 is 11.8 Å². The maximum Gasteiger partial charge on any atom is 0.254 e. The van der Waals surface area contributed by atoms with Gasteiger partial charge >= 0.3 is 0 Å². The Morgan fingerprint density at radius 2 is 1.64 bits per heavy atom. The molecule has 0 radical (unpaired) electrons. The van der Waals surface area contributed by atoms with Gasteiger partial charge in [-0.1, -0.05) is 44.2 Å². The lowest BCUT2D eigenvalue weighted by molar-refractivity contribution is -0.132. The van der Waals surface area contributed by atoms with Gasteiger partial charge in [-0.2, -0.15) is 0 Å². The molecule has 0 aromatic heterocycles. The van der Waals surface area contributed by atoms with Crippen LogP contribution in [0.5, 0.6) is 11.5 Å². The standard InChI is InChI=1S/C27H36N2O4/c1-21(2)14-19-33-24-13-12-23(20-25(24)32-3)27(31)29-17-15-28(16-18-29)26(30)11-7-10-22-8-5-4-6-9-22/h4-6,8-9,12-13,20-21H,7,10-11,14-19H2,1-3H3. The quantitative estimate of drug-likeness (QED) is 0.535. The highest BCUT2D eigenvalue weighted by Gasteiger charge is 2.25. The summed E-state index contributed by atoms with van der Waals surface area (Å²) in [5.41, 5.74) is 1.83. The Kier molecular flexibility index (Phi) is 9.16. The van der Waals surface area contributed by atoms with Crippen molar-refractivity contribution in [2.75, 3.05) is 39.9 Å². The largest absolute Gasteiger partial charge is 0.493 e. The number of carbonyl (C=O) groups is 2. The van der Waals surface area contributed by atoms with E-state index in [1.54, 1.807) is 25.3 Å². The van der Waals surface area contributed by atoms with Gasteiger partial charge in [-0.15, -0.1) is 0 Å². The van der Waals surface area contributed by atoms with E-state index in [0.29, 0.717) is 62.2 Å². The van der Waals surface area contributed by atoms with E-state index in [9.17, 15) is 9.59 Å². The summed E-state index contributed by atoms with van der Waals surface area (Å²) in [6.45, 7) is 7.15. The van der Waals surface area contributed by atoms with Crippen molar-refractivity contribution in [1.29, 1.82) is 0 Å². The summed E-state index contributed by atoms with van der Waals surface area (Å²) >= 11 is 0. The average molecular weight is 453 g/mol. The molecule has 0 saturated carbocycles. The molecule has 1 aliphatic rings.